The molecule has 0 fully saturated rings. The molecule has 3 aromatic rings. The molecule has 3 aromatic carbocycles. The highest BCUT2D eigenvalue weighted by Crippen LogP contribution is 2.21. The van der Waals surface area contributed by atoms with Crippen LogP contribution in [0, 0.1) is 0 Å². The van der Waals surface area contributed by atoms with Crippen LogP contribution in [0.3, 0.4) is 0 Å². The Kier molecular flexibility index (Phi) is 8.43. The Bertz CT molecular complexity index is 1340. The first-order valence-corrected chi connectivity index (χ1v) is 12.2. The Morgan fingerprint density at radius 3 is 1.15 bits per heavy atom. The molecule has 3 rings (SSSR count). The normalized spacial score (nSPS) is 11.5. The van der Waals surface area contributed by atoms with Gasteiger partial charge in [0.25, 0.3) is 20.2 Å². The molecule has 34 heavy (non-hydrogen) atoms. The number of primary amides is 2. The summed E-state index contributed by atoms with van der Waals surface area (Å²) in [7, 11) is -8.79. The molecule has 0 aliphatic carbocycles. The van der Waals surface area contributed by atoms with Crippen molar-refractivity contribution in [2.45, 2.75) is 9.79 Å². The number of carbonyl (C=O) groups excluding carboxylic acids is 2. The van der Waals surface area contributed by atoms with Crippen LogP contribution in [0.25, 0.3) is 12.2 Å². The van der Waals surface area contributed by atoms with Crippen LogP contribution in [0.1, 0.15) is 31.8 Å². The monoisotopic (exact) mass is 504 g/mol. The van der Waals surface area contributed by atoms with Crippen molar-refractivity contribution in [2.75, 3.05) is 0 Å². The molecule has 178 valence electrons. The van der Waals surface area contributed by atoms with Crippen LogP contribution in [0.2, 0.25) is 0 Å². The molecular formula is C22H20N2O8S2. The van der Waals surface area contributed by atoms with Gasteiger partial charge in [0, 0.05) is 11.1 Å². The second kappa shape index (κ2) is 10.9. The van der Waals surface area contributed by atoms with Crippen molar-refractivity contribution in [3.8, 4) is 0 Å². The zero-order valence-electron chi connectivity index (χ0n) is 17.4. The zero-order chi connectivity index (χ0) is 25.5. The van der Waals surface area contributed by atoms with Crippen LogP contribution in [0.4, 0.5) is 0 Å². The molecule has 0 saturated heterocycles. The van der Waals surface area contributed by atoms with Crippen LogP contribution in [0.15, 0.2) is 82.6 Å². The average Bonchev–Trinajstić information content (AvgIpc) is 2.77. The molecule has 0 aliphatic heterocycles. The number of hydrogen-bond donors (Lipinski definition) is 4. The molecule has 0 radical (unpaired) electrons. The third kappa shape index (κ3) is 7.35. The number of benzene rings is 3. The van der Waals surface area contributed by atoms with Crippen LogP contribution in [-0.2, 0) is 20.2 Å². The summed E-state index contributed by atoms with van der Waals surface area (Å²) in [5.41, 5.74) is 11.1. The van der Waals surface area contributed by atoms with E-state index in [4.69, 9.17) is 20.6 Å². The van der Waals surface area contributed by atoms with Gasteiger partial charge in [0.15, 0.2) is 0 Å². The van der Waals surface area contributed by atoms with Gasteiger partial charge >= 0.3 is 0 Å². The van der Waals surface area contributed by atoms with Gasteiger partial charge in [0.2, 0.25) is 11.8 Å². The Labute approximate surface area is 196 Å². The van der Waals surface area contributed by atoms with Gasteiger partial charge in [-0.3, -0.25) is 18.7 Å². The fraction of sp³-hybridized carbons (Fsp3) is 0. The minimum atomic E-state index is -4.40. The fourth-order valence-corrected chi connectivity index (χ4v) is 4.05. The molecule has 0 spiro atoms. The molecule has 0 aliphatic rings. The predicted molar refractivity (Wildman–Crippen MR) is 125 cm³/mol. The van der Waals surface area contributed by atoms with Crippen molar-refractivity contribution in [1.29, 1.82) is 0 Å². The lowest BCUT2D eigenvalue weighted by molar-refractivity contribution is 0.0988. The first kappa shape index (κ1) is 26.4. The van der Waals surface area contributed by atoms with E-state index in [0.717, 1.165) is 0 Å². The third-order valence-electron chi connectivity index (χ3n) is 4.29. The van der Waals surface area contributed by atoms with Crippen LogP contribution >= 0.6 is 0 Å². The van der Waals surface area contributed by atoms with E-state index in [1.165, 1.54) is 72.8 Å². The van der Waals surface area contributed by atoms with Gasteiger partial charge in [-0.05, 0) is 47.5 Å². The molecule has 0 heterocycles. The largest absolute Gasteiger partial charge is 0.366 e. The molecule has 6 N–H and O–H groups in total. The number of rotatable bonds is 6. The number of nitrogens with two attached hydrogens (primary N) is 2. The minimum absolute atomic E-state index is 0.190. The lowest BCUT2D eigenvalue weighted by Gasteiger charge is -2.04. The van der Waals surface area contributed by atoms with Crippen LogP contribution in [-0.4, -0.2) is 37.8 Å². The van der Waals surface area contributed by atoms with Gasteiger partial charge in [-0.2, -0.15) is 16.8 Å². The molecular weight excluding hydrogens is 484 g/mol. The van der Waals surface area contributed by atoms with E-state index in [1.54, 1.807) is 12.1 Å². The molecule has 12 heteroatoms. The maximum atomic E-state index is 11.3. The second-order valence-corrected chi connectivity index (χ2v) is 9.44. The summed E-state index contributed by atoms with van der Waals surface area (Å²) >= 11 is 0. The second-order valence-electron chi connectivity index (χ2n) is 6.66. The number of carbonyl (C=O) groups is 2. The summed E-state index contributed by atoms with van der Waals surface area (Å²) < 4.78 is 63.4. The molecule has 0 saturated carbocycles. The van der Waals surface area contributed by atoms with Crippen molar-refractivity contribution in [3.63, 3.8) is 0 Å². The minimum Gasteiger partial charge on any atom is -0.366 e. The van der Waals surface area contributed by atoms with E-state index in [9.17, 15) is 26.4 Å². The van der Waals surface area contributed by atoms with E-state index in [0.29, 0.717) is 11.1 Å². The first-order valence-electron chi connectivity index (χ1n) is 9.31. The average molecular weight is 505 g/mol. The van der Waals surface area contributed by atoms with Crippen molar-refractivity contribution in [2.24, 2.45) is 11.5 Å². The Balaban J connectivity index is 0.000000287. The molecule has 2 amide bonds. The van der Waals surface area contributed by atoms with Gasteiger partial charge in [0.05, 0.1) is 0 Å². The summed E-state index contributed by atoms with van der Waals surface area (Å²) in [4.78, 5) is 20.6. The highest BCUT2D eigenvalue weighted by molar-refractivity contribution is 7.86. The van der Waals surface area contributed by atoms with Gasteiger partial charge in [-0.15, -0.1) is 0 Å². The van der Waals surface area contributed by atoms with E-state index < -0.39 is 32.1 Å². The van der Waals surface area contributed by atoms with Gasteiger partial charge in [-0.1, -0.05) is 48.6 Å². The third-order valence-corrected chi connectivity index (χ3v) is 6.15. The van der Waals surface area contributed by atoms with Gasteiger partial charge in [-0.25, -0.2) is 0 Å². The molecule has 0 aromatic heterocycles. The Morgan fingerprint density at radius 1 is 0.588 bits per heavy atom. The SMILES string of the molecule is NC(=O)c1ccc(C(N)=O)cc1.O=S(=O)(O)c1ccccc1C=Cc1ccccc1S(=O)(=O)O. The van der Waals surface area contributed by atoms with Crippen LogP contribution in [0.5, 0.6) is 0 Å². The smallest absolute Gasteiger partial charge is 0.295 e. The summed E-state index contributed by atoms with van der Waals surface area (Å²) in [5.74, 6) is -1.04. The van der Waals surface area contributed by atoms with Crippen molar-refractivity contribution in [1.82, 2.24) is 0 Å². The van der Waals surface area contributed by atoms with Gasteiger partial charge in [0.1, 0.15) is 9.79 Å². The highest BCUT2D eigenvalue weighted by atomic mass is 32.2. The van der Waals surface area contributed by atoms with E-state index in [2.05, 4.69) is 0 Å². The highest BCUT2D eigenvalue weighted by Gasteiger charge is 2.15. The lowest BCUT2D eigenvalue weighted by atomic mass is 10.1. The fourth-order valence-electron chi connectivity index (χ4n) is 2.68. The van der Waals surface area contributed by atoms with Crippen molar-refractivity contribution < 1.29 is 35.5 Å². The summed E-state index contributed by atoms with van der Waals surface area (Å²) in [6.07, 6.45) is 2.68. The van der Waals surface area contributed by atoms with E-state index in [1.807, 2.05) is 0 Å². The summed E-state index contributed by atoms with van der Waals surface area (Å²) in [6, 6.07) is 17.2. The maximum absolute atomic E-state index is 11.3. The lowest BCUT2D eigenvalue weighted by Crippen LogP contribution is -2.13. The summed E-state index contributed by atoms with van der Waals surface area (Å²) in [6.45, 7) is 0. The molecule has 0 bridgehead atoms. The van der Waals surface area contributed by atoms with E-state index in [-0.39, 0.29) is 20.9 Å². The number of hydrogen-bond acceptors (Lipinski definition) is 6. The number of amides is 2. The Hall–Kier alpha value is -3.84. The first-order chi connectivity index (χ1) is 15.8. The standard InChI is InChI=1S/C14H12O6S2.C8H8N2O2/c15-21(16,17)13-7-3-1-5-11(13)9-10-12-6-2-4-8-14(12)22(18,19)20;9-7(11)5-1-2-6(4-3-5)8(10)12/h1-10H,(H,15,16,17)(H,18,19,20);1-4H,(H2,9,11)(H2,10,12). The maximum Gasteiger partial charge on any atom is 0.295 e. The van der Waals surface area contributed by atoms with Gasteiger partial charge < -0.3 is 11.5 Å². The molecule has 0 atom stereocenters. The Morgan fingerprint density at radius 2 is 0.882 bits per heavy atom. The predicted octanol–water partition coefficient (Wildman–Crippen LogP) is 2.23. The van der Waals surface area contributed by atoms with E-state index >= 15 is 0 Å². The quantitative estimate of drug-likeness (QED) is 0.289. The topological polar surface area (TPSA) is 195 Å². The van der Waals surface area contributed by atoms with Crippen molar-refractivity contribution in [3.05, 3.63) is 95.1 Å². The summed E-state index contributed by atoms with van der Waals surface area (Å²) in [5, 5.41) is 0. The van der Waals surface area contributed by atoms with Crippen LogP contribution < -0.4 is 11.5 Å². The molecule has 0 unspecified atom stereocenters. The van der Waals surface area contributed by atoms with Crippen molar-refractivity contribution >= 4 is 44.2 Å². The molecule has 10 nitrogen and oxygen atoms in total. The zero-order valence-corrected chi connectivity index (χ0v) is 19.0.